The maximum Gasteiger partial charge on any atom is 0.224 e. The summed E-state index contributed by atoms with van der Waals surface area (Å²) in [5.41, 5.74) is 0.871. The first-order chi connectivity index (χ1) is 7.63. The van der Waals surface area contributed by atoms with Gasteiger partial charge in [-0.2, -0.15) is 11.8 Å². The molecule has 1 aromatic carbocycles. The largest absolute Gasteiger partial charge is 0.355 e. The molecule has 16 heavy (non-hydrogen) atoms. The third kappa shape index (κ3) is 4.64. The fourth-order valence-corrected chi connectivity index (χ4v) is 1.82. The van der Waals surface area contributed by atoms with Crippen molar-refractivity contribution in [1.82, 2.24) is 5.32 Å². The molecule has 0 saturated carbocycles. The van der Waals surface area contributed by atoms with Gasteiger partial charge in [-0.25, -0.2) is 0 Å². The Bertz CT molecular complexity index is 371. The van der Waals surface area contributed by atoms with Crippen LogP contribution in [0.5, 0.6) is 0 Å². The maximum atomic E-state index is 11.5. The molecule has 1 aromatic rings. The highest BCUT2D eigenvalue weighted by Gasteiger charge is 2.04. The predicted molar refractivity (Wildman–Crippen MR) is 71.6 cm³/mol. The van der Waals surface area contributed by atoms with Gasteiger partial charge < -0.3 is 5.32 Å². The number of thioether (sulfide) groups is 1. The number of halogens is 2. The van der Waals surface area contributed by atoms with E-state index in [-0.39, 0.29) is 5.91 Å². The third-order valence-corrected chi connectivity index (χ3v) is 3.33. The van der Waals surface area contributed by atoms with Crippen molar-refractivity contribution in [2.45, 2.75) is 6.42 Å². The number of rotatable bonds is 5. The topological polar surface area (TPSA) is 29.1 Å². The van der Waals surface area contributed by atoms with Gasteiger partial charge in [0.05, 0.1) is 16.5 Å². The minimum absolute atomic E-state index is 0.00689. The second kappa shape index (κ2) is 7.05. The van der Waals surface area contributed by atoms with Crippen LogP contribution in [0.2, 0.25) is 10.0 Å². The Morgan fingerprint density at radius 1 is 1.38 bits per heavy atom. The van der Waals surface area contributed by atoms with Crippen molar-refractivity contribution in [3.8, 4) is 0 Å². The monoisotopic (exact) mass is 277 g/mol. The van der Waals surface area contributed by atoms with Crippen LogP contribution >= 0.6 is 35.0 Å². The molecule has 0 bridgehead atoms. The Kier molecular flexibility index (Phi) is 6.03. The summed E-state index contributed by atoms with van der Waals surface area (Å²) >= 11 is 13.3. The van der Waals surface area contributed by atoms with E-state index in [1.165, 1.54) is 0 Å². The van der Waals surface area contributed by atoms with Gasteiger partial charge in [-0.1, -0.05) is 29.3 Å². The molecule has 0 atom stereocenters. The van der Waals surface area contributed by atoms with E-state index in [1.54, 1.807) is 23.9 Å². The summed E-state index contributed by atoms with van der Waals surface area (Å²) in [7, 11) is 0. The second-order valence-electron chi connectivity index (χ2n) is 3.27. The number of benzene rings is 1. The minimum atomic E-state index is 0.00689. The molecule has 1 rings (SSSR count). The summed E-state index contributed by atoms with van der Waals surface area (Å²) in [5, 5.41) is 3.82. The standard InChI is InChI=1S/C11H13Cl2NOS/c1-16-5-4-14-11(15)7-8-2-3-9(12)10(13)6-8/h2-3,6H,4-5,7H2,1H3,(H,14,15). The van der Waals surface area contributed by atoms with Crippen LogP contribution < -0.4 is 5.32 Å². The lowest BCUT2D eigenvalue weighted by molar-refractivity contribution is -0.120. The van der Waals surface area contributed by atoms with Crippen molar-refractivity contribution in [3.05, 3.63) is 33.8 Å². The maximum absolute atomic E-state index is 11.5. The van der Waals surface area contributed by atoms with Gasteiger partial charge in [0.15, 0.2) is 0 Å². The molecule has 0 heterocycles. The molecule has 0 spiro atoms. The zero-order valence-electron chi connectivity index (χ0n) is 8.93. The SMILES string of the molecule is CSCCNC(=O)Cc1ccc(Cl)c(Cl)c1. The van der Waals surface area contributed by atoms with Crippen LogP contribution in [0, 0.1) is 0 Å². The Balaban J connectivity index is 2.46. The van der Waals surface area contributed by atoms with E-state index in [0.29, 0.717) is 23.0 Å². The fraction of sp³-hybridized carbons (Fsp3) is 0.364. The zero-order valence-corrected chi connectivity index (χ0v) is 11.3. The van der Waals surface area contributed by atoms with E-state index >= 15 is 0 Å². The normalized spacial score (nSPS) is 10.2. The highest BCUT2D eigenvalue weighted by Crippen LogP contribution is 2.22. The lowest BCUT2D eigenvalue weighted by atomic mass is 10.1. The highest BCUT2D eigenvalue weighted by molar-refractivity contribution is 7.98. The van der Waals surface area contributed by atoms with Crippen molar-refractivity contribution in [2.75, 3.05) is 18.6 Å². The van der Waals surface area contributed by atoms with Gasteiger partial charge in [-0.3, -0.25) is 4.79 Å². The van der Waals surface area contributed by atoms with Gasteiger partial charge in [0.1, 0.15) is 0 Å². The quantitative estimate of drug-likeness (QED) is 0.839. The number of amides is 1. The molecule has 1 N–H and O–H groups in total. The van der Waals surface area contributed by atoms with Crippen molar-refractivity contribution >= 4 is 40.9 Å². The number of carbonyl (C=O) groups is 1. The molecule has 0 unspecified atom stereocenters. The van der Waals surface area contributed by atoms with Gasteiger partial charge in [0, 0.05) is 12.3 Å². The van der Waals surface area contributed by atoms with Crippen molar-refractivity contribution < 1.29 is 4.79 Å². The smallest absolute Gasteiger partial charge is 0.224 e. The predicted octanol–water partition coefficient (Wildman–Crippen LogP) is 3.02. The van der Waals surface area contributed by atoms with Crippen LogP contribution in [0.1, 0.15) is 5.56 Å². The first-order valence-electron chi connectivity index (χ1n) is 4.83. The minimum Gasteiger partial charge on any atom is -0.355 e. The second-order valence-corrected chi connectivity index (χ2v) is 5.07. The van der Waals surface area contributed by atoms with E-state index < -0.39 is 0 Å². The Hall–Kier alpha value is -0.380. The molecule has 0 fully saturated rings. The van der Waals surface area contributed by atoms with E-state index in [9.17, 15) is 4.79 Å². The number of nitrogens with one attached hydrogen (secondary N) is 1. The molecule has 2 nitrogen and oxygen atoms in total. The van der Waals surface area contributed by atoms with Crippen molar-refractivity contribution in [3.63, 3.8) is 0 Å². The molecule has 0 aliphatic carbocycles. The summed E-state index contributed by atoms with van der Waals surface area (Å²) in [5.74, 6) is 0.931. The summed E-state index contributed by atoms with van der Waals surface area (Å²) in [6.45, 7) is 0.696. The van der Waals surface area contributed by atoms with E-state index in [4.69, 9.17) is 23.2 Å². The first-order valence-corrected chi connectivity index (χ1v) is 6.98. The lowest BCUT2D eigenvalue weighted by Gasteiger charge is -2.05. The average molecular weight is 278 g/mol. The molecule has 0 aromatic heterocycles. The van der Waals surface area contributed by atoms with Crippen LogP contribution in [-0.4, -0.2) is 24.5 Å². The molecule has 0 aliphatic rings. The van der Waals surface area contributed by atoms with Crippen LogP contribution in [0.4, 0.5) is 0 Å². The molecule has 88 valence electrons. The Morgan fingerprint density at radius 2 is 2.12 bits per heavy atom. The molecular weight excluding hydrogens is 265 g/mol. The van der Waals surface area contributed by atoms with E-state index in [0.717, 1.165) is 11.3 Å². The molecule has 0 aliphatic heterocycles. The molecular formula is C11H13Cl2NOS. The fourth-order valence-electron chi connectivity index (χ4n) is 1.19. The lowest BCUT2D eigenvalue weighted by Crippen LogP contribution is -2.27. The average Bonchev–Trinajstić information content (AvgIpc) is 2.24. The summed E-state index contributed by atoms with van der Waals surface area (Å²) in [4.78, 5) is 11.5. The van der Waals surface area contributed by atoms with E-state index in [2.05, 4.69) is 5.32 Å². The van der Waals surface area contributed by atoms with Crippen LogP contribution in [0.3, 0.4) is 0 Å². The van der Waals surface area contributed by atoms with Crippen LogP contribution in [-0.2, 0) is 11.2 Å². The molecule has 0 radical (unpaired) electrons. The molecule has 1 amide bonds. The Labute approximate surface area is 110 Å². The van der Waals surface area contributed by atoms with Crippen LogP contribution in [0.15, 0.2) is 18.2 Å². The first kappa shape index (κ1) is 13.7. The highest BCUT2D eigenvalue weighted by atomic mass is 35.5. The van der Waals surface area contributed by atoms with Crippen LogP contribution in [0.25, 0.3) is 0 Å². The summed E-state index contributed by atoms with van der Waals surface area (Å²) < 4.78 is 0. The Morgan fingerprint density at radius 3 is 2.75 bits per heavy atom. The van der Waals surface area contributed by atoms with Gasteiger partial charge in [0.2, 0.25) is 5.91 Å². The number of hydrogen-bond acceptors (Lipinski definition) is 2. The third-order valence-electron chi connectivity index (χ3n) is 1.98. The zero-order chi connectivity index (χ0) is 12.0. The van der Waals surface area contributed by atoms with Gasteiger partial charge in [-0.05, 0) is 24.0 Å². The van der Waals surface area contributed by atoms with Crippen molar-refractivity contribution in [1.29, 1.82) is 0 Å². The molecule has 0 saturated heterocycles. The number of hydrogen-bond donors (Lipinski definition) is 1. The van der Waals surface area contributed by atoms with Crippen molar-refractivity contribution in [2.24, 2.45) is 0 Å². The van der Waals surface area contributed by atoms with Gasteiger partial charge in [-0.15, -0.1) is 0 Å². The molecule has 5 heteroatoms. The van der Waals surface area contributed by atoms with E-state index in [1.807, 2.05) is 12.3 Å². The number of carbonyl (C=O) groups excluding carboxylic acids is 1. The van der Waals surface area contributed by atoms with Gasteiger partial charge >= 0.3 is 0 Å². The summed E-state index contributed by atoms with van der Waals surface area (Å²) in [6, 6.07) is 5.23. The van der Waals surface area contributed by atoms with Gasteiger partial charge in [0.25, 0.3) is 0 Å². The summed E-state index contributed by atoms with van der Waals surface area (Å²) in [6.07, 6.45) is 2.34.